The highest BCUT2D eigenvalue weighted by molar-refractivity contribution is 5.43. The van der Waals surface area contributed by atoms with Crippen molar-refractivity contribution in [1.82, 2.24) is 9.97 Å². The Kier molecular flexibility index (Phi) is 4.78. The standard InChI is InChI=1S/C17H23N3O/c1-6-18-15-9-14(5)19-16(20-15)10-21-17-12(3)7-11(2)8-13(17)4/h7-9H,6,10H2,1-5H3,(H,18,19,20). The van der Waals surface area contributed by atoms with Crippen LogP contribution in [0, 0.1) is 27.7 Å². The fourth-order valence-electron chi connectivity index (χ4n) is 2.50. The van der Waals surface area contributed by atoms with E-state index in [-0.39, 0.29) is 0 Å². The van der Waals surface area contributed by atoms with Crippen LogP contribution >= 0.6 is 0 Å². The summed E-state index contributed by atoms with van der Waals surface area (Å²) >= 11 is 0. The fourth-order valence-corrected chi connectivity index (χ4v) is 2.50. The van der Waals surface area contributed by atoms with Crippen molar-refractivity contribution in [3.8, 4) is 5.75 Å². The van der Waals surface area contributed by atoms with Crippen molar-refractivity contribution < 1.29 is 4.74 Å². The van der Waals surface area contributed by atoms with Crippen molar-refractivity contribution in [2.45, 2.75) is 41.2 Å². The third-order valence-corrected chi connectivity index (χ3v) is 3.21. The molecule has 0 spiro atoms. The molecule has 0 unspecified atom stereocenters. The quantitative estimate of drug-likeness (QED) is 0.909. The Morgan fingerprint density at radius 1 is 1.00 bits per heavy atom. The normalized spacial score (nSPS) is 10.5. The molecule has 0 aliphatic rings. The topological polar surface area (TPSA) is 47.0 Å². The Labute approximate surface area is 126 Å². The highest BCUT2D eigenvalue weighted by Gasteiger charge is 2.08. The summed E-state index contributed by atoms with van der Waals surface area (Å²) in [7, 11) is 0. The second kappa shape index (κ2) is 6.57. The third kappa shape index (κ3) is 3.94. The SMILES string of the molecule is CCNc1cc(C)nc(COc2c(C)cc(C)cc2C)n1. The molecule has 0 saturated heterocycles. The maximum atomic E-state index is 5.94. The molecule has 0 fully saturated rings. The van der Waals surface area contributed by atoms with Crippen molar-refractivity contribution in [2.24, 2.45) is 0 Å². The van der Waals surface area contributed by atoms with Gasteiger partial charge in [-0.15, -0.1) is 0 Å². The van der Waals surface area contributed by atoms with Gasteiger partial charge in [0.25, 0.3) is 0 Å². The van der Waals surface area contributed by atoms with Gasteiger partial charge in [0.1, 0.15) is 18.2 Å². The number of aromatic nitrogens is 2. The highest BCUT2D eigenvalue weighted by Crippen LogP contribution is 2.25. The van der Waals surface area contributed by atoms with E-state index in [0.717, 1.165) is 34.9 Å². The lowest BCUT2D eigenvalue weighted by Crippen LogP contribution is -2.08. The van der Waals surface area contributed by atoms with Crippen molar-refractivity contribution in [1.29, 1.82) is 0 Å². The molecule has 4 nitrogen and oxygen atoms in total. The van der Waals surface area contributed by atoms with Crippen LogP contribution in [0.1, 0.15) is 35.1 Å². The minimum Gasteiger partial charge on any atom is -0.485 e. The number of anilines is 1. The number of nitrogens with zero attached hydrogens (tertiary/aromatic N) is 2. The zero-order valence-electron chi connectivity index (χ0n) is 13.4. The maximum Gasteiger partial charge on any atom is 0.168 e. The van der Waals surface area contributed by atoms with Crippen LogP contribution in [-0.4, -0.2) is 16.5 Å². The zero-order chi connectivity index (χ0) is 15.4. The summed E-state index contributed by atoms with van der Waals surface area (Å²) in [5.41, 5.74) is 4.48. The Morgan fingerprint density at radius 3 is 2.29 bits per heavy atom. The molecular formula is C17H23N3O. The average molecular weight is 285 g/mol. The monoisotopic (exact) mass is 285 g/mol. The molecule has 0 bridgehead atoms. The Hall–Kier alpha value is -2.10. The van der Waals surface area contributed by atoms with E-state index in [1.807, 2.05) is 19.9 Å². The first-order valence-corrected chi connectivity index (χ1v) is 7.28. The van der Waals surface area contributed by atoms with Gasteiger partial charge in [-0.25, -0.2) is 9.97 Å². The minimum absolute atomic E-state index is 0.380. The molecule has 1 aromatic heterocycles. The smallest absolute Gasteiger partial charge is 0.168 e. The zero-order valence-corrected chi connectivity index (χ0v) is 13.4. The molecular weight excluding hydrogens is 262 g/mol. The van der Waals surface area contributed by atoms with Crippen molar-refractivity contribution in [3.05, 3.63) is 46.4 Å². The number of benzene rings is 1. The van der Waals surface area contributed by atoms with Gasteiger partial charge >= 0.3 is 0 Å². The van der Waals surface area contributed by atoms with Gasteiger partial charge < -0.3 is 10.1 Å². The van der Waals surface area contributed by atoms with Gasteiger partial charge in [-0.05, 0) is 45.7 Å². The molecule has 1 N–H and O–H groups in total. The Bertz CT molecular complexity index is 615. The highest BCUT2D eigenvalue weighted by atomic mass is 16.5. The minimum atomic E-state index is 0.380. The predicted molar refractivity (Wildman–Crippen MR) is 85.9 cm³/mol. The molecule has 0 aliphatic heterocycles. The molecule has 0 saturated carbocycles. The fraction of sp³-hybridized carbons (Fsp3) is 0.412. The molecule has 1 aromatic carbocycles. The molecule has 0 amide bonds. The summed E-state index contributed by atoms with van der Waals surface area (Å²) in [5.74, 6) is 2.47. The molecule has 2 rings (SSSR count). The number of hydrogen-bond acceptors (Lipinski definition) is 4. The summed E-state index contributed by atoms with van der Waals surface area (Å²) < 4.78 is 5.94. The van der Waals surface area contributed by atoms with Crippen LogP contribution in [0.5, 0.6) is 5.75 Å². The van der Waals surface area contributed by atoms with E-state index >= 15 is 0 Å². The Balaban J connectivity index is 2.17. The van der Waals surface area contributed by atoms with E-state index in [9.17, 15) is 0 Å². The summed E-state index contributed by atoms with van der Waals surface area (Å²) in [6.45, 7) is 11.5. The number of nitrogens with one attached hydrogen (secondary N) is 1. The maximum absolute atomic E-state index is 5.94. The summed E-state index contributed by atoms with van der Waals surface area (Å²) in [4.78, 5) is 8.90. The van der Waals surface area contributed by atoms with Gasteiger partial charge in [-0.2, -0.15) is 0 Å². The second-order valence-corrected chi connectivity index (χ2v) is 5.36. The van der Waals surface area contributed by atoms with Crippen molar-refractivity contribution >= 4 is 5.82 Å². The van der Waals surface area contributed by atoms with Gasteiger partial charge in [0, 0.05) is 18.3 Å². The molecule has 0 aliphatic carbocycles. The van der Waals surface area contributed by atoms with E-state index in [1.165, 1.54) is 5.56 Å². The lowest BCUT2D eigenvalue weighted by Gasteiger charge is -2.13. The van der Waals surface area contributed by atoms with E-state index in [2.05, 4.69) is 48.2 Å². The van der Waals surface area contributed by atoms with E-state index in [0.29, 0.717) is 12.4 Å². The number of hydrogen-bond donors (Lipinski definition) is 1. The van der Waals surface area contributed by atoms with Crippen LogP contribution < -0.4 is 10.1 Å². The van der Waals surface area contributed by atoms with Crippen molar-refractivity contribution in [2.75, 3.05) is 11.9 Å². The first-order chi connectivity index (χ1) is 9.99. The van der Waals surface area contributed by atoms with E-state index in [4.69, 9.17) is 4.74 Å². The molecule has 112 valence electrons. The largest absolute Gasteiger partial charge is 0.485 e. The van der Waals surface area contributed by atoms with Crippen LogP contribution in [-0.2, 0) is 6.61 Å². The Morgan fingerprint density at radius 2 is 1.67 bits per heavy atom. The second-order valence-electron chi connectivity index (χ2n) is 5.36. The number of rotatable bonds is 5. The molecule has 2 aromatic rings. The van der Waals surface area contributed by atoms with Crippen molar-refractivity contribution in [3.63, 3.8) is 0 Å². The van der Waals surface area contributed by atoms with Gasteiger partial charge in [0.2, 0.25) is 0 Å². The summed E-state index contributed by atoms with van der Waals surface area (Å²) in [6, 6.07) is 6.20. The van der Waals surface area contributed by atoms with Gasteiger partial charge in [0.05, 0.1) is 0 Å². The van der Waals surface area contributed by atoms with E-state index < -0.39 is 0 Å². The first-order valence-electron chi connectivity index (χ1n) is 7.28. The third-order valence-electron chi connectivity index (χ3n) is 3.21. The lowest BCUT2D eigenvalue weighted by atomic mass is 10.1. The van der Waals surface area contributed by atoms with Gasteiger partial charge in [0.15, 0.2) is 5.82 Å². The summed E-state index contributed by atoms with van der Waals surface area (Å²) in [6.07, 6.45) is 0. The molecule has 0 atom stereocenters. The molecule has 0 radical (unpaired) electrons. The summed E-state index contributed by atoms with van der Waals surface area (Å²) in [5, 5.41) is 3.21. The van der Waals surface area contributed by atoms with Gasteiger partial charge in [-0.1, -0.05) is 17.7 Å². The van der Waals surface area contributed by atoms with Crippen LogP contribution in [0.25, 0.3) is 0 Å². The van der Waals surface area contributed by atoms with Crippen LogP contribution in [0.4, 0.5) is 5.82 Å². The molecule has 1 heterocycles. The molecule has 4 heteroatoms. The average Bonchev–Trinajstić information content (AvgIpc) is 2.37. The van der Waals surface area contributed by atoms with Crippen LogP contribution in [0.3, 0.4) is 0 Å². The number of aryl methyl sites for hydroxylation is 4. The van der Waals surface area contributed by atoms with Gasteiger partial charge in [-0.3, -0.25) is 0 Å². The van der Waals surface area contributed by atoms with E-state index in [1.54, 1.807) is 0 Å². The molecule has 21 heavy (non-hydrogen) atoms. The van der Waals surface area contributed by atoms with Crippen LogP contribution in [0.15, 0.2) is 18.2 Å². The number of ether oxygens (including phenoxy) is 1. The predicted octanol–water partition coefficient (Wildman–Crippen LogP) is 3.72. The lowest BCUT2D eigenvalue weighted by molar-refractivity contribution is 0.291. The first kappa shape index (κ1) is 15.3. The van der Waals surface area contributed by atoms with Crippen LogP contribution in [0.2, 0.25) is 0 Å².